The summed E-state index contributed by atoms with van der Waals surface area (Å²) in [6, 6.07) is 3.60. The van der Waals surface area contributed by atoms with Gasteiger partial charge in [0.05, 0.1) is 21.3 Å². The van der Waals surface area contributed by atoms with Gasteiger partial charge in [0, 0.05) is 5.41 Å². The van der Waals surface area contributed by atoms with Crippen LogP contribution in [0.3, 0.4) is 0 Å². The van der Waals surface area contributed by atoms with Crippen molar-refractivity contribution in [3.05, 3.63) is 23.8 Å². The van der Waals surface area contributed by atoms with Gasteiger partial charge in [0.25, 0.3) is 0 Å². The number of ether oxygens (including phenoxy) is 3. The minimum atomic E-state index is -0.392. The van der Waals surface area contributed by atoms with E-state index >= 15 is 0 Å². The van der Waals surface area contributed by atoms with Gasteiger partial charge in [-0.1, -0.05) is 26.8 Å². The molecule has 0 heterocycles. The van der Waals surface area contributed by atoms with Crippen molar-refractivity contribution in [3.63, 3.8) is 0 Å². The summed E-state index contributed by atoms with van der Waals surface area (Å²) in [5.41, 5.74) is 0.425. The van der Waals surface area contributed by atoms with Crippen LogP contribution in [0.1, 0.15) is 26.3 Å². The van der Waals surface area contributed by atoms with Crippen LogP contribution in [-0.2, 0) is 4.79 Å². The largest absolute Gasteiger partial charge is 0.493 e. The molecule has 20 heavy (non-hydrogen) atoms. The number of rotatable bonds is 5. The molecule has 110 valence electrons. The highest BCUT2D eigenvalue weighted by molar-refractivity contribution is 5.97. The monoisotopic (exact) mass is 278 g/mol. The summed E-state index contributed by atoms with van der Waals surface area (Å²) in [5.74, 6) is 1.73. The Morgan fingerprint density at radius 2 is 1.50 bits per heavy atom. The van der Waals surface area contributed by atoms with E-state index in [1.54, 1.807) is 45.6 Å². The number of carbonyl (C=O) groups is 1. The first-order chi connectivity index (χ1) is 9.33. The van der Waals surface area contributed by atoms with Crippen molar-refractivity contribution in [1.82, 2.24) is 0 Å². The van der Waals surface area contributed by atoms with Crippen LogP contribution < -0.4 is 14.2 Å². The molecule has 0 aliphatic heterocycles. The molecule has 0 saturated carbocycles. The second-order valence-corrected chi connectivity index (χ2v) is 5.41. The van der Waals surface area contributed by atoms with Crippen LogP contribution >= 0.6 is 0 Å². The van der Waals surface area contributed by atoms with Crippen molar-refractivity contribution in [2.24, 2.45) is 5.41 Å². The Morgan fingerprint density at radius 1 is 1.00 bits per heavy atom. The molecule has 4 nitrogen and oxygen atoms in total. The fourth-order valence-electron chi connectivity index (χ4n) is 1.62. The number of allylic oxidation sites excluding steroid dienone is 1. The molecule has 0 saturated heterocycles. The fraction of sp³-hybridized carbons (Fsp3) is 0.438. The zero-order valence-electron chi connectivity index (χ0n) is 12.9. The molecule has 1 rings (SSSR count). The predicted molar refractivity (Wildman–Crippen MR) is 79.6 cm³/mol. The lowest BCUT2D eigenvalue weighted by Crippen LogP contribution is -2.17. The average molecular weight is 278 g/mol. The highest BCUT2D eigenvalue weighted by Crippen LogP contribution is 2.38. The van der Waals surface area contributed by atoms with Gasteiger partial charge in [-0.25, -0.2) is 0 Å². The van der Waals surface area contributed by atoms with E-state index in [0.29, 0.717) is 17.2 Å². The maximum atomic E-state index is 11.9. The van der Waals surface area contributed by atoms with Gasteiger partial charge >= 0.3 is 0 Å². The summed E-state index contributed by atoms with van der Waals surface area (Å²) < 4.78 is 15.8. The lowest BCUT2D eigenvalue weighted by atomic mass is 9.90. The van der Waals surface area contributed by atoms with E-state index in [1.165, 1.54) is 0 Å². The van der Waals surface area contributed by atoms with Gasteiger partial charge in [-0.15, -0.1) is 0 Å². The number of benzene rings is 1. The third-order valence-electron chi connectivity index (χ3n) is 2.85. The molecule has 0 aliphatic carbocycles. The van der Waals surface area contributed by atoms with Crippen molar-refractivity contribution in [2.75, 3.05) is 21.3 Å². The first-order valence-corrected chi connectivity index (χ1v) is 6.36. The van der Waals surface area contributed by atoms with E-state index in [9.17, 15) is 4.79 Å². The molecule has 0 unspecified atom stereocenters. The molecular weight excluding hydrogens is 256 g/mol. The third kappa shape index (κ3) is 3.76. The van der Waals surface area contributed by atoms with Crippen LogP contribution in [0, 0.1) is 5.41 Å². The van der Waals surface area contributed by atoms with Crippen molar-refractivity contribution >= 4 is 11.9 Å². The Labute approximate surface area is 120 Å². The van der Waals surface area contributed by atoms with E-state index in [2.05, 4.69) is 0 Å². The van der Waals surface area contributed by atoms with Gasteiger partial charge < -0.3 is 14.2 Å². The Morgan fingerprint density at radius 3 is 1.85 bits per heavy atom. The number of hydrogen-bond acceptors (Lipinski definition) is 4. The van der Waals surface area contributed by atoms with Crippen LogP contribution in [0.5, 0.6) is 17.2 Å². The summed E-state index contributed by atoms with van der Waals surface area (Å²) >= 11 is 0. The normalized spacial score (nSPS) is 11.5. The smallest absolute Gasteiger partial charge is 0.203 e. The lowest BCUT2D eigenvalue weighted by molar-refractivity contribution is -0.121. The molecule has 0 aliphatic rings. The second kappa shape index (κ2) is 6.46. The summed E-state index contributed by atoms with van der Waals surface area (Å²) in [4.78, 5) is 11.9. The van der Waals surface area contributed by atoms with E-state index in [4.69, 9.17) is 14.2 Å². The number of ketones is 1. The number of carbonyl (C=O) groups excluding carboxylic acids is 1. The molecular formula is C16H22O4. The molecule has 0 radical (unpaired) electrons. The Balaban J connectivity index is 3.14. The Hall–Kier alpha value is -1.97. The molecule has 0 amide bonds. The minimum Gasteiger partial charge on any atom is -0.493 e. The molecule has 0 atom stereocenters. The van der Waals surface area contributed by atoms with Gasteiger partial charge in [-0.2, -0.15) is 0 Å². The number of hydrogen-bond donors (Lipinski definition) is 0. The lowest BCUT2D eigenvalue weighted by Gasteiger charge is -2.14. The highest BCUT2D eigenvalue weighted by Gasteiger charge is 2.18. The summed E-state index contributed by atoms with van der Waals surface area (Å²) in [6.07, 6.45) is 3.32. The minimum absolute atomic E-state index is 0.0613. The van der Waals surface area contributed by atoms with Crippen LogP contribution in [0.2, 0.25) is 0 Å². The topological polar surface area (TPSA) is 44.8 Å². The van der Waals surface area contributed by atoms with Crippen molar-refractivity contribution in [3.8, 4) is 17.2 Å². The highest BCUT2D eigenvalue weighted by atomic mass is 16.5. The first-order valence-electron chi connectivity index (χ1n) is 6.36. The fourth-order valence-corrected chi connectivity index (χ4v) is 1.62. The second-order valence-electron chi connectivity index (χ2n) is 5.41. The molecule has 0 fully saturated rings. The summed E-state index contributed by atoms with van der Waals surface area (Å²) in [5, 5.41) is 0. The van der Waals surface area contributed by atoms with E-state index < -0.39 is 5.41 Å². The summed E-state index contributed by atoms with van der Waals surface area (Å²) in [7, 11) is 4.68. The van der Waals surface area contributed by atoms with Gasteiger partial charge in [0.2, 0.25) is 5.75 Å². The Bertz CT molecular complexity index is 485. The van der Waals surface area contributed by atoms with Crippen molar-refractivity contribution < 1.29 is 19.0 Å². The standard InChI is InChI=1S/C16H22O4/c1-16(2,3)14(17)8-7-11-9-12(18-4)15(20-6)13(10-11)19-5/h7-10H,1-6H3/b8-7-. The van der Waals surface area contributed by atoms with Crippen LogP contribution in [0.4, 0.5) is 0 Å². The summed E-state index contributed by atoms with van der Waals surface area (Å²) in [6.45, 7) is 5.65. The van der Waals surface area contributed by atoms with Gasteiger partial charge in [-0.3, -0.25) is 4.79 Å². The Kier molecular flexibility index (Phi) is 5.19. The first kappa shape index (κ1) is 16.1. The number of methoxy groups -OCH3 is 3. The zero-order valence-corrected chi connectivity index (χ0v) is 12.9. The molecule has 0 bridgehead atoms. The molecule has 1 aromatic rings. The van der Waals surface area contributed by atoms with Crippen LogP contribution in [-0.4, -0.2) is 27.1 Å². The average Bonchev–Trinajstić information content (AvgIpc) is 2.42. The predicted octanol–water partition coefficient (Wildman–Crippen LogP) is 3.34. The van der Waals surface area contributed by atoms with Crippen LogP contribution in [0.25, 0.3) is 6.08 Å². The van der Waals surface area contributed by atoms with E-state index in [-0.39, 0.29) is 5.78 Å². The SMILES string of the molecule is COc1cc(/C=C\C(=O)C(C)(C)C)cc(OC)c1OC. The maximum absolute atomic E-state index is 11.9. The van der Waals surface area contributed by atoms with Gasteiger partial charge in [0.1, 0.15) is 0 Å². The van der Waals surface area contributed by atoms with Crippen molar-refractivity contribution in [2.45, 2.75) is 20.8 Å². The third-order valence-corrected chi connectivity index (χ3v) is 2.85. The van der Waals surface area contributed by atoms with Crippen LogP contribution in [0.15, 0.2) is 18.2 Å². The van der Waals surface area contributed by atoms with E-state index in [0.717, 1.165) is 5.56 Å². The molecule has 0 N–H and O–H groups in total. The molecule has 0 aromatic heterocycles. The quantitative estimate of drug-likeness (QED) is 0.775. The zero-order chi connectivity index (χ0) is 15.3. The molecule has 0 spiro atoms. The molecule has 4 heteroatoms. The maximum Gasteiger partial charge on any atom is 0.203 e. The van der Waals surface area contributed by atoms with E-state index in [1.807, 2.05) is 20.8 Å². The van der Waals surface area contributed by atoms with Crippen molar-refractivity contribution in [1.29, 1.82) is 0 Å². The van der Waals surface area contributed by atoms with Gasteiger partial charge in [0.15, 0.2) is 17.3 Å². The molecule has 1 aromatic carbocycles. The van der Waals surface area contributed by atoms with Gasteiger partial charge in [-0.05, 0) is 23.8 Å².